The Morgan fingerprint density at radius 2 is 2.05 bits per heavy atom. The van der Waals surface area contributed by atoms with Crippen LogP contribution in [-0.2, 0) is 19.6 Å². The largest absolute Gasteiger partial charge is 0.465 e. The van der Waals surface area contributed by atoms with Gasteiger partial charge in [0, 0.05) is 6.54 Å². The van der Waals surface area contributed by atoms with Gasteiger partial charge in [-0.05, 0) is 35.0 Å². The van der Waals surface area contributed by atoms with E-state index in [1.54, 1.807) is 13.8 Å². The molecule has 0 aliphatic rings. The highest BCUT2D eigenvalue weighted by atomic mass is 79.9. The molecule has 0 spiro atoms. The standard InChI is InChI=1S/C12H16BrFN2O4S/c1-3-16(7-12(17)20-4-2)21(18,19)11-5-8(13)9(14)6-10(11)15/h5-6H,3-4,7,15H2,1-2H3. The summed E-state index contributed by atoms with van der Waals surface area (Å²) < 4.78 is 43.9. The number of sulfonamides is 1. The molecule has 1 rings (SSSR count). The van der Waals surface area contributed by atoms with Gasteiger partial charge in [-0.25, -0.2) is 12.8 Å². The molecule has 0 fully saturated rings. The van der Waals surface area contributed by atoms with Crippen LogP contribution in [0.3, 0.4) is 0 Å². The molecule has 0 aromatic heterocycles. The van der Waals surface area contributed by atoms with Crippen molar-refractivity contribution in [3.8, 4) is 0 Å². The summed E-state index contributed by atoms with van der Waals surface area (Å²) in [6.45, 7) is 2.97. The van der Waals surface area contributed by atoms with E-state index in [0.29, 0.717) is 0 Å². The number of esters is 1. The Kier molecular flexibility index (Phi) is 6.11. The number of halogens is 2. The molecule has 6 nitrogen and oxygen atoms in total. The van der Waals surface area contributed by atoms with Gasteiger partial charge in [0.05, 0.1) is 16.8 Å². The predicted molar refractivity (Wildman–Crippen MR) is 79.6 cm³/mol. The number of carbonyl (C=O) groups is 1. The number of anilines is 1. The minimum absolute atomic E-state index is 0.0255. The van der Waals surface area contributed by atoms with E-state index >= 15 is 0 Å². The van der Waals surface area contributed by atoms with Crippen LogP contribution in [0.15, 0.2) is 21.5 Å². The van der Waals surface area contributed by atoms with Gasteiger partial charge in [0.15, 0.2) is 0 Å². The second kappa shape index (κ2) is 7.19. The Morgan fingerprint density at radius 3 is 2.57 bits per heavy atom. The van der Waals surface area contributed by atoms with Crippen LogP contribution in [-0.4, -0.2) is 38.4 Å². The van der Waals surface area contributed by atoms with E-state index in [1.807, 2.05) is 0 Å². The Labute approximate surface area is 131 Å². The van der Waals surface area contributed by atoms with E-state index in [2.05, 4.69) is 15.9 Å². The first kappa shape index (κ1) is 17.9. The summed E-state index contributed by atoms with van der Waals surface area (Å²) in [6.07, 6.45) is 0. The molecule has 0 atom stereocenters. The van der Waals surface area contributed by atoms with Crippen LogP contribution in [0.25, 0.3) is 0 Å². The van der Waals surface area contributed by atoms with E-state index in [1.165, 1.54) is 0 Å². The summed E-state index contributed by atoms with van der Waals surface area (Å²) in [4.78, 5) is 11.2. The average Bonchev–Trinajstić information content (AvgIpc) is 2.40. The number of hydrogen-bond acceptors (Lipinski definition) is 5. The molecule has 0 heterocycles. The number of likely N-dealkylation sites (N-methyl/N-ethyl adjacent to an activating group) is 1. The van der Waals surface area contributed by atoms with E-state index < -0.39 is 28.4 Å². The average molecular weight is 383 g/mol. The molecule has 2 N–H and O–H groups in total. The molecule has 0 aliphatic heterocycles. The maximum Gasteiger partial charge on any atom is 0.321 e. The molecule has 1 aromatic carbocycles. The van der Waals surface area contributed by atoms with Gasteiger partial charge in [-0.2, -0.15) is 4.31 Å². The lowest BCUT2D eigenvalue weighted by molar-refractivity contribution is -0.143. The molecule has 0 saturated carbocycles. The number of benzene rings is 1. The normalized spacial score (nSPS) is 11.7. The molecule has 9 heteroatoms. The summed E-state index contributed by atoms with van der Waals surface area (Å²) in [6, 6.07) is 1.99. The van der Waals surface area contributed by atoms with Crippen molar-refractivity contribution in [1.29, 1.82) is 0 Å². The van der Waals surface area contributed by atoms with E-state index in [4.69, 9.17) is 10.5 Å². The van der Waals surface area contributed by atoms with Crippen molar-refractivity contribution >= 4 is 37.6 Å². The number of carbonyl (C=O) groups excluding carboxylic acids is 1. The van der Waals surface area contributed by atoms with Gasteiger partial charge in [0.25, 0.3) is 0 Å². The van der Waals surface area contributed by atoms with Gasteiger partial charge < -0.3 is 10.5 Å². The molecule has 21 heavy (non-hydrogen) atoms. The van der Waals surface area contributed by atoms with Crippen LogP contribution in [0.4, 0.5) is 10.1 Å². The lowest BCUT2D eigenvalue weighted by Gasteiger charge is -2.20. The molecular weight excluding hydrogens is 367 g/mol. The summed E-state index contributed by atoms with van der Waals surface area (Å²) in [5, 5.41) is 0. The van der Waals surface area contributed by atoms with Gasteiger partial charge in [0.1, 0.15) is 17.3 Å². The molecule has 118 valence electrons. The Morgan fingerprint density at radius 1 is 1.43 bits per heavy atom. The number of nitrogen functional groups attached to an aromatic ring is 1. The van der Waals surface area contributed by atoms with Crippen LogP contribution >= 0.6 is 15.9 Å². The minimum Gasteiger partial charge on any atom is -0.465 e. The third-order valence-corrected chi connectivity index (χ3v) is 5.22. The summed E-state index contributed by atoms with van der Waals surface area (Å²) in [5.74, 6) is -1.33. The second-order valence-corrected chi connectivity index (χ2v) is 6.80. The van der Waals surface area contributed by atoms with Crippen molar-refractivity contribution in [1.82, 2.24) is 4.31 Å². The van der Waals surface area contributed by atoms with Crippen molar-refractivity contribution in [2.45, 2.75) is 18.7 Å². The zero-order chi connectivity index (χ0) is 16.2. The van der Waals surface area contributed by atoms with Gasteiger partial charge in [-0.3, -0.25) is 4.79 Å². The predicted octanol–water partition coefficient (Wildman–Crippen LogP) is 1.74. The third-order valence-electron chi connectivity index (χ3n) is 2.63. The third kappa shape index (κ3) is 4.14. The number of nitrogens with two attached hydrogens (primary N) is 1. The summed E-state index contributed by atoms with van der Waals surface area (Å²) >= 11 is 2.91. The quantitative estimate of drug-likeness (QED) is 0.597. The van der Waals surface area contributed by atoms with Crippen molar-refractivity contribution in [2.24, 2.45) is 0 Å². The number of rotatable bonds is 6. The minimum atomic E-state index is -4.02. The molecule has 0 bridgehead atoms. The Hall–Kier alpha value is -1.19. The fraction of sp³-hybridized carbons (Fsp3) is 0.417. The molecular formula is C12H16BrFN2O4S. The lowest BCUT2D eigenvalue weighted by atomic mass is 10.3. The van der Waals surface area contributed by atoms with Crippen molar-refractivity contribution in [2.75, 3.05) is 25.4 Å². The molecule has 0 unspecified atom stereocenters. The van der Waals surface area contributed by atoms with Crippen LogP contribution in [0, 0.1) is 5.82 Å². The van der Waals surface area contributed by atoms with Crippen LogP contribution in [0.2, 0.25) is 0 Å². The Balaban J connectivity index is 3.19. The van der Waals surface area contributed by atoms with E-state index in [0.717, 1.165) is 16.4 Å². The highest BCUT2D eigenvalue weighted by Crippen LogP contribution is 2.28. The summed E-state index contributed by atoms with van der Waals surface area (Å²) in [7, 11) is -4.02. The Bertz CT molecular complexity index is 636. The lowest BCUT2D eigenvalue weighted by Crippen LogP contribution is -2.36. The maximum atomic E-state index is 13.3. The highest BCUT2D eigenvalue weighted by Gasteiger charge is 2.28. The smallest absolute Gasteiger partial charge is 0.321 e. The van der Waals surface area contributed by atoms with Crippen molar-refractivity contribution < 1.29 is 22.3 Å². The first-order chi connectivity index (χ1) is 9.73. The first-order valence-corrected chi connectivity index (χ1v) is 8.37. The monoisotopic (exact) mass is 382 g/mol. The topological polar surface area (TPSA) is 89.7 Å². The second-order valence-electron chi connectivity index (χ2n) is 4.04. The molecule has 1 aromatic rings. The molecule has 0 radical (unpaired) electrons. The number of hydrogen-bond donors (Lipinski definition) is 1. The van der Waals surface area contributed by atoms with Crippen molar-refractivity contribution in [3.05, 3.63) is 22.4 Å². The zero-order valence-corrected chi connectivity index (χ0v) is 14.0. The highest BCUT2D eigenvalue weighted by molar-refractivity contribution is 9.10. The fourth-order valence-electron chi connectivity index (χ4n) is 1.62. The number of ether oxygens (including phenoxy) is 1. The first-order valence-electron chi connectivity index (χ1n) is 6.14. The molecule has 0 saturated heterocycles. The SMILES string of the molecule is CCOC(=O)CN(CC)S(=O)(=O)c1cc(Br)c(F)cc1N. The van der Waals surface area contributed by atoms with Crippen LogP contribution in [0.1, 0.15) is 13.8 Å². The summed E-state index contributed by atoms with van der Waals surface area (Å²) in [5.41, 5.74) is 5.35. The van der Waals surface area contributed by atoms with Crippen LogP contribution < -0.4 is 5.73 Å². The zero-order valence-electron chi connectivity index (χ0n) is 11.6. The van der Waals surface area contributed by atoms with Crippen LogP contribution in [0.5, 0.6) is 0 Å². The molecule has 0 aliphatic carbocycles. The van der Waals surface area contributed by atoms with Gasteiger partial charge in [-0.1, -0.05) is 6.92 Å². The van der Waals surface area contributed by atoms with Gasteiger partial charge in [0.2, 0.25) is 10.0 Å². The van der Waals surface area contributed by atoms with Gasteiger partial charge >= 0.3 is 5.97 Å². The van der Waals surface area contributed by atoms with Crippen molar-refractivity contribution in [3.63, 3.8) is 0 Å². The maximum absolute atomic E-state index is 13.3. The van der Waals surface area contributed by atoms with E-state index in [-0.39, 0.29) is 28.2 Å². The number of nitrogens with zero attached hydrogens (tertiary/aromatic N) is 1. The molecule has 0 amide bonds. The van der Waals surface area contributed by atoms with Gasteiger partial charge in [-0.15, -0.1) is 0 Å². The van der Waals surface area contributed by atoms with E-state index in [9.17, 15) is 17.6 Å². The fourth-order valence-corrected chi connectivity index (χ4v) is 3.64.